The second-order valence-electron chi connectivity index (χ2n) is 3.67. The van der Waals surface area contributed by atoms with Crippen LogP contribution in [0.15, 0.2) is 42.7 Å². The lowest BCUT2D eigenvalue weighted by atomic mass is 10.2. The maximum Gasteiger partial charge on any atom is 0.341 e. The van der Waals surface area contributed by atoms with Crippen LogP contribution in [0, 0.1) is 0 Å². The second kappa shape index (κ2) is 5.18. The number of hydrogen-bond donors (Lipinski definition) is 2. The Morgan fingerprint density at radius 1 is 1.16 bits per heavy atom. The van der Waals surface area contributed by atoms with Crippen LogP contribution in [-0.2, 0) is 0 Å². The van der Waals surface area contributed by atoms with Crippen LogP contribution in [-0.4, -0.2) is 22.0 Å². The van der Waals surface area contributed by atoms with E-state index in [1.54, 1.807) is 0 Å². The molecule has 0 radical (unpaired) electrons. The minimum Gasteiger partial charge on any atom is -0.477 e. The first-order valence-electron chi connectivity index (χ1n) is 5.33. The van der Waals surface area contributed by atoms with Crippen LogP contribution in [0.1, 0.15) is 20.7 Å². The molecular weight excluding hydrogens is 248 g/mol. The summed E-state index contributed by atoms with van der Waals surface area (Å²) in [5.74, 6) is -1.09. The summed E-state index contributed by atoms with van der Waals surface area (Å²) in [6, 6.07) is 7.52. The second-order valence-corrected chi connectivity index (χ2v) is 3.67. The van der Waals surface area contributed by atoms with Crippen molar-refractivity contribution in [2.45, 2.75) is 0 Å². The molecule has 0 aliphatic rings. The Morgan fingerprint density at radius 3 is 2.42 bits per heavy atom. The number of carbonyl (C=O) groups excluding carboxylic acids is 1. The third-order valence-electron chi connectivity index (χ3n) is 2.38. The number of nitrogens with two attached hydrogens (primary N) is 1. The summed E-state index contributed by atoms with van der Waals surface area (Å²) in [6.45, 7) is 0. The van der Waals surface area contributed by atoms with Crippen LogP contribution in [0.5, 0.6) is 11.5 Å². The average Bonchev–Trinajstić information content (AvgIpc) is 2.39. The highest BCUT2D eigenvalue weighted by Gasteiger charge is 2.11. The molecular formula is C13H10N2O4. The number of benzene rings is 1. The molecule has 0 saturated heterocycles. The molecule has 1 aromatic carbocycles. The summed E-state index contributed by atoms with van der Waals surface area (Å²) in [5.41, 5.74) is 5.42. The van der Waals surface area contributed by atoms with E-state index in [-0.39, 0.29) is 11.3 Å². The van der Waals surface area contributed by atoms with Crippen molar-refractivity contribution >= 4 is 11.9 Å². The molecule has 0 aliphatic heterocycles. The van der Waals surface area contributed by atoms with Crippen molar-refractivity contribution in [1.29, 1.82) is 0 Å². The van der Waals surface area contributed by atoms with Gasteiger partial charge in [-0.25, -0.2) is 4.79 Å². The SMILES string of the molecule is NC(=O)c1ccc(Oc2ccncc2C(=O)O)cc1. The maximum absolute atomic E-state index is 11.0. The molecule has 6 heteroatoms. The minimum absolute atomic E-state index is 0.0403. The lowest BCUT2D eigenvalue weighted by Gasteiger charge is -2.08. The lowest BCUT2D eigenvalue weighted by Crippen LogP contribution is -2.10. The molecule has 3 N–H and O–H groups in total. The summed E-state index contributed by atoms with van der Waals surface area (Å²) in [5, 5.41) is 8.98. The number of aromatic nitrogens is 1. The summed E-state index contributed by atoms with van der Waals surface area (Å²) >= 11 is 0. The standard InChI is InChI=1S/C13H10N2O4/c14-12(16)8-1-3-9(4-2-8)19-11-5-6-15-7-10(11)13(17)18/h1-7H,(H2,14,16)(H,17,18). The van der Waals surface area contributed by atoms with E-state index in [9.17, 15) is 9.59 Å². The summed E-state index contributed by atoms with van der Waals surface area (Å²) in [7, 11) is 0. The molecule has 1 heterocycles. The smallest absolute Gasteiger partial charge is 0.341 e. The Bertz CT molecular complexity index is 623. The number of rotatable bonds is 4. The van der Waals surface area contributed by atoms with Crippen molar-refractivity contribution in [2.24, 2.45) is 5.73 Å². The number of ether oxygens (including phenoxy) is 1. The van der Waals surface area contributed by atoms with Crippen LogP contribution in [0.3, 0.4) is 0 Å². The highest BCUT2D eigenvalue weighted by molar-refractivity contribution is 5.93. The highest BCUT2D eigenvalue weighted by atomic mass is 16.5. The van der Waals surface area contributed by atoms with Gasteiger partial charge in [-0.15, -0.1) is 0 Å². The van der Waals surface area contributed by atoms with Gasteiger partial charge in [0, 0.05) is 24.0 Å². The lowest BCUT2D eigenvalue weighted by molar-refractivity contribution is 0.0693. The van der Waals surface area contributed by atoms with Crippen molar-refractivity contribution in [2.75, 3.05) is 0 Å². The summed E-state index contributed by atoms with van der Waals surface area (Å²) in [4.78, 5) is 25.6. The van der Waals surface area contributed by atoms with E-state index in [0.717, 1.165) is 0 Å². The number of pyridine rings is 1. The Labute approximate surface area is 108 Å². The first-order chi connectivity index (χ1) is 9.08. The Morgan fingerprint density at radius 2 is 1.84 bits per heavy atom. The number of primary amides is 1. The van der Waals surface area contributed by atoms with E-state index < -0.39 is 11.9 Å². The predicted molar refractivity (Wildman–Crippen MR) is 66.2 cm³/mol. The van der Waals surface area contributed by atoms with Gasteiger partial charge in [0.05, 0.1) is 0 Å². The molecule has 0 saturated carbocycles. The molecule has 0 fully saturated rings. The first-order valence-corrected chi connectivity index (χ1v) is 5.33. The fourth-order valence-corrected chi connectivity index (χ4v) is 1.45. The third-order valence-corrected chi connectivity index (χ3v) is 2.38. The van der Waals surface area contributed by atoms with Crippen LogP contribution >= 0.6 is 0 Å². The predicted octanol–water partition coefficient (Wildman–Crippen LogP) is 1.67. The molecule has 0 aliphatic carbocycles. The van der Waals surface area contributed by atoms with Gasteiger partial charge in [0.15, 0.2) is 0 Å². The quantitative estimate of drug-likeness (QED) is 0.868. The van der Waals surface area contributed by atoms with Gasteiger partial charge in [0.25, 0.3) is 0 Å². The normalized spacial score (nSPS) is 9.89. The number of hydrogen-bond acceptors (Lipinski definition) is 4. The average molecular weight is 258 g/mol. The van der Waals surface area contributed by atoms with Crippen LogP contribution in [0.4, 0.5) is 0 Å². The topological polar surface area (TPSA) is 103 Å². The molecule has 0 unspecified atom stereocenters. The van der Waals surface area contributed by atoms with E-state index in [1.165, 1.54) is 42.7 Å². The van der Waals surface area contributed by atoms with Gasteiger partial charge in [-0.2, -0.15) is 0 Å². The minimum atomic E-state index is -1.13. The molecule has 1 aromatic heterocycles. The zero-order valence-electron chi connectivity index (χ0n) is 9.74. The molecule has 6 nitrogen and oxygen atoms in total. The first kappa shape index (κ1) is 12.6. The molecule has 0 atom stereocenters. The molecule has 1 amide bonds. The van der Waals surface area contributed by atoms with Crippen molar-refractivity contribution < 1.29 is 19.4 Å². The highest BCUT2D eigenvalue weighted by Crippen LogP contribution is 2.24. The van der Waals surface area contributed by atoms with Crippen molar-refractivity contribution in [3.05, 3.63) is 53.9 Å². The van der Waals surface area contributed by atoms with Crippen LogP contribution in [0.25, 0.3) is 0 Å². The van der Waals surface area contributed by atoms with E-state index in [0.29, 0.717) is 11.3 Å². The summed E-state index contributed by atoms with van der Waals surface area (Å²) in [6.07, 6.45) is 2.63. The Hall–Kier alpha value is -2.89. The number of amides is 1. The van der Waals surface area contributed by atoms with Gasteiger partial charge in [-0.3, -0.25) is 9.78 Å². The molecule has 19 heavy (non-hydrogen) atoms. The summed E-state index contributed by atoms with van der Waals surface area (Å²) < 4.78 is 5.43. The fraction of sp³-hybridized carbons (Fsp3) is 0. The third kappa shape index (κ3) is 2.86. The van der Waals surface area contributed by atoms with Gasteiger partial charge in [0.1, 0.15) is 17.1 Å². The van der Waals surface area contributed by atoms with E-state index in [1.807, 2.05) is 0 Å². The van der Waals surface area contributed by atoms with Gasteiger partial charge < -0.3 is 15.6 Å². The van der Waals surface area contributed by atoms with Crippen molar-refractivity contribution in [1.82, 2.24) is 4.98 Å². The largest absolute Gasteiger partial charge is 0.477 e. The van der Waals surface area contributed by atoms with E-state index >= 15 is 0 Å². The fourth-order valence-electron chi connectivity index (χ4n) is 1.45. The van der Waals surface area contributed by atoms with Gasteiger partial charge >= 0.3 is 5.97 Å². The van der Waals surface area contributed by atoms with Gasteiger partial charge in [0.2, 0.25) is 5.91 Å². The van der Waals surface area contributed by atoms with Crippen molar-refractivity contribution in [3.8, 4) is 11.5 Å². The maximum atomic E-state index is 11.0. The van der Waals surface area contributed by atoms with E-state index in [4.69, 9.17) is 15.6 Å². The van der Waals surface area contributed by atoms with Gasteiger partial charge in [-0.05, 0) is 24.3 Å². The van der Waals surface area contributed by atoms with Gasteiger partial charge in [-0.1, -0.05) is 0 Å². The monoisotopic (exact) mass is 258 g/mol. The van der Waals surface area contributed by atoms with Crippen LogP contribution < -0.4 is 10.5 Å². The van der Waals surface area contributed by atoms with Crippen LogP contribution in [0.2, 0.25) is 0 Å². The number of nitrogens with zero attached hydrogens (tertiary/aromatic N) is 1. The number of carboxylic acids is 1. The molecule has 0 spiro atoms. The zero-order valence-corrected chi connectivity index (χ0v) is 9.74. The number of aromatic carboxylic acids is 1. The Balaban J connectivity index is 2.26. The van der Waals surface area contributed by atoms with Crippen molar-refractivity contribution in [3.63, 3.8) is 0 Å². The number of carboxylic acid groups (broad SMARTS) is 1. The molecule has 96 valence electrons. The zero-order chi connectivity index (χ0) is 13.8. The molecule has 0 bridgehead atoms. The molecule has 2 rings (SSSR count). The molecule has 2 aromatic rings. The number of carbonyl (C=O) groups is 2. The Kier molecular flexibility index (Phi) is 3.42. The van der Waals surface area contributed by atoms with E-state index in [2.05, 4.69) is 4.98 Å².